The lowest BCUT2D eigenvalue weighted by molar-refractivity contribution is 0.601. The molecule has 0 heterocycles. The first-order chi connectivity index (χ1) is 18.3. The molecule has 0 amide bonds. The third-order valence-electron chi connectivity index (χ3n) is 5.96. The predicted molar refractivity (Wildman–Crippen MR) is 151 cm³/mol. The topological polar surface area (TPSA) is 122 Å². The van der Waals surface area contributed by atoms with Gasteiger partial charge < -0.3 is 4.90 Å². The second-order valence-electron chi connectivity index (χ2n) is 8.95. The molecule has 8 nitrogen and oxygen atoms in total. The molecular formula is C29H32N6O2S. The van der Waals surface area contributed by atoms with Crippen LogP contribution in [0.25, 0.3) is 0 Å². The van der Waals surface area contributed by atoms with Crippen LogP contribution in [0.2, 0.25) is 0 Å². The molecule has 3 aromatic carbocycles. The average Bonchev–Trinajstić information content (AvgIpc) is 2.92. The lowest BCUT2D eigenvalue weighted by Crippen LogP contribution is -2.25. The first-order valence-corrected chi connectivity index (χ1v) is 14.1. The number of nitrogens with zero attached hydrogens (tertiary/aromatic N) is 5. The van der Waals surface area contributed by atoms with Gasteiger partial charge in [-0.2, -0.15) is 10.5 Å². The van der Waals surface area contributed by atoms with E-state index in [1.807, 2.05) is 6.07 Å². The molecule has 196 valence electrons. The van der Waals surface area contributed by atoms with E-state index in [4.69, 9.17) is 0 Å². The van der Waals surface area contributed by atoms with E-state index in [2.05, 4.69) is 45.8 Å². The summed E-state index contributed by atoms with van der Waals surface area (Å²) in [5.41, 5.74) is 2.76. The Morgan fingerprint density at radius 2 is 1.47 bits per heavy atom. The third kappa shape index (κ3) is 7.18. The summed E-state index contributed by atoms with van der Waals surface area (Å²) >= 11 is 0. The lowest BCUT2D eigenvalue weighted by atomic mass is 10.1. The SMILES string of the molecule is CCCCN(CCCC)c1ccc(/N=N/c2c(C#N)cc(C)cc2C#N)c(NS(=O)(=O)c2ccccc2)c1. The fourth-order valence-electron chi connectivity index (χ4n) is 3.92. The van der Waals surface area contributed by atoms with E-state index in [1.54, 1.807) is 49.4 Å². The van der Waals surface area contributed by atoms with E-state index in [1.165, 1.54) is 12.1 Å². The maximum Gasteiger partial charge on any atom is 0.261 e. The van der Waals surface area contributed by atoms with Crippen LogP contribution < -0.4 is 9.62 Å². The molecule has 0 saturated heterocycles. The van der Waals surface area contributed by atoms with E-state index in [0.29, 0.717) is 0 Å². The third-order valence-corrected chi connectivity index (χ3v) is 7.34. The Labute approximate surface area is 225 Å². The number of rotatable bonds is 12. The number of sulfonamides is 1. The summed E-state index contributed by atoms with van der Waals surface area (Å²) in [6.45, 7) is 7.76. The van der Waals surface area contributed by atoms with Crippen molar-refractivity contribution in [3.63, 3.8) is 0 Å². The second-order valence-corrected chi connectivity index (χ2v) is 10.6. The van der Waals surface area contributed by atoms with E-state index in [-0.39, 0.29) is 33.1 Å². The van der Waals surface area contributed by atoms with Gasteiger partial charge in [0.05, 0.1) is 21.7 Å². The van der Waals surface area contributed by atoms with Crippen molar-refractivity contribution in [2.45, 2.75) is 51.3 Å². The summed E-state index contributed by atoms with van der Waals surface area (Å²) in [6, 6.07) is 20.9. The number of hydrogen-bond donors (Lipinski definition) is 1. The normalized spacial score (nSPS) is 11.2. The molecule has 0 aliphatic carbocycles. The van der Waals surface area contributed by atoms with Crippen molar-refractivity contribution in [3.8, 4) is 12.1 Å². The number of nitriles is 2. The molecule has 0 saturated carbocycles. The van der Waals surface area contributed by atoms with Crippen molar-refractivity contribution in [3.05, 3.63) is 77.4 Å². The summed E-state index contributed by atoms with van der Waals surface area (Å²) in [4.78, 5) is 2.37. The average molecular weight is 529 g/mol. The molecule has 0 bridgehead atoms. The Kier molecular flexibility index (Phi) is 9.98. The molecule has 0 atom stereocenters. The molecule has 1 N–H and O–H groups in total. The van der Waals surface area contributed by atoms with Crippen molar-refractivity contribution < 1.29 is 8.42 Å². The number of azo groups is 1. The van der Waals surface area contributed by atoms with Gasteiger partial charge in [0.15, 0.2) is 0 Å². The van der Waals surface area contributed by atoms with E-state index in [0.717, 1.165) is 50.0 Å². The Hall–Kier alpha value is -4.21. The molecule has 0 aromatic heterocycles. The zero-order valence-corrected chi connectivity index (χ0v) is 22.8. The molecule has 9 heteroatoms. The largest absolute Gasteiger partial charge is 0.371 e. The van der Waals surface area contributed by atoms with Crippen LogP contribution >= 0.6 is 0 Å². The van der Waals surface area contributed by atoms with Gasteiger partial charge in [0.25, 0.3) is 10.0 Å². The highest BCUT2D eigenvalue weighted by Gasteiger charge is 2.18. The van der Waals surface area contributed by atoms with Crippen LogP contribution in [0.4, 0.5) is 22.7 Å². The molecule has 3 aromatic rings. The van der Waals surface area contributed by atoms with Crippen LogP contribution in [-0.4, -0.2) is 21.5 Å². The van der Waals surface area contributed by atoms with Crippen LogP contribution in [0.3, 0.4) is 0 Å². The first kappa shape index (κ1) is 28.4. The standard InChI is InChI=1S/C29H32N6O2S/c1-4-6-15-35(16-7-5-2)25-13-14-27(28(19-25)34-38(36,37)26-11-9-8-10-12-26)32-33-29-23(20-30)17-22(3)18-24(29)21-31/h8-14,17-19,34H,4-7,15-16H2,1-3H3/b33-32+. The maximum absolute atomic E-state index is 13.2. The molecular weight excluding hydrogens is 496 g/mol. The van der Waals surface area contributed by atoms with Gasteiger partial charge in [-0.3, -0.25) is 4.72 Å². The van der Waals surface area contributed by atoms with E-state index < -0.39 is 10.0 Å². The van der Waals surface area contributed by atoms with Crippen molar-refractivity contribution >= 4 is 32.8 Å². The number of anilines is 2. The van der Waals surface area contributed by atoms with Crippen molar-refractivity contribution in [2.24, 2.45) is 10.2 Å². The Balaban J connectivity index is 2.10. The predicted octanol–water partition coefficient (Wildman–Crippen LogP) is 7.36. The van der Waals surface area contributed by atoms with Gasteiger partial charge in [0.1, 0.15) is 23.5 Å². The van der Waals surface area contributed by atoms with Crippen LogP contribution in [0.5, 0.6) is 0 Å². The van der Waals surface area contributed by atoms with Gasteiger partial charge in [-0.15, -0.1) is 10.2 Å². The number of nitrogens with one attached hydrogen (secondary N) is 1. The van der Waals surface area contributed by atoms with Crippen LogP contribution in [0.15, 0.2) is 75.8 Å². The first-order valence-electron chi connectivity index (χ1n) is 12.7. The highest BCUT2D eigenvalue weighted by molar-refractivity contribution is 7.92. The number of hydrogen-bond acceptors (Lipinski definition) is 7. The zero-order valence-electron chi connectivity index (χ0n) is 22.0. The Bertz CT molecular complexity index is 1430. The quantitative estimate of drug-likeness (QED) is 0.246. The van der Waals surface area contributed by atoms with Crippen LogP contribution in [-0.2, 0) is 10.0 Å². The fourth-order valence-corrected chi connectivity index (χ4v) is 5.01. The van der Waals surface area contributed by atoms with Gasteiger partial charge >= 0.3 is 0 Å². The molecule has 0 radical (unpaired) electrons. The minimum atomic E-state index is -3.90. The smallest absolute Gasteiger partial charge is 0.261 e. The summed E-state index contributed by atoms with van der Waals surface area (Å²) in [6.07, 6.45) is 4.11. The maximum atomic E-state index is 13.2. The number of aryl methyl sites for hydroxylation is 1. The Morgan fingerprint density at radius 1 is 0.868 bits per heavy atom. The summed E-state index contributed by atoms with van der Waals surface area (Å²) in [7, 11) is -3.90. The van der Waals surface area contributed by atoms with Crippen molar-refractivity contribution in [2.75, 3.05) is 22.7 Å². The molecule has 0 aliphatic rings. The number of benzene rings is 3. The van der Waals surface area contributed by atoms with Crippen molar-refractivity contribution in [1.82, 2.24) is 0 Å². The summed E-state index contributed by atoms with van der Waals surface area (Å²) in [5, 5.41) is 27.7. The number of unbranched alkanes of at least 4 members (excludes halogenated alkanes) is 2. The monoisotopic (exact) mass is 528 g/mol. The second kappa shape index (κ2) is 13.4. The molecule has 0 aliphatic heterocycles. The van der Waals surface area contributed by atoms with E-state index in [9.17, 15) is 18.9 Å². The molecule has 3 rings (SSSR count). The molecule has 38 heavy (non-hydrogen) atoms. The van der Waals surface area contributed by atoms with Crippen LogP contribution in [0.1, 0.15) is 56.2 Å². The van der Waals surface area contributed by atoms with Gasteiger partial charge in [0, 0.05) is 18.8 Å². The van der Waals surface area contributed by atoms with Crippen LogP contribution in [0, 0.1) is 29.6 Å². The van der Waals surface area contributed by atoms with Crippen molar-refractivity contribution in [1.29, 1.82) is 10.5 Å². The Morgan fingerprint density at radius 3 is 2.03 bits per heavy atom. The minimum Gasteiger partial charge on any atom is -0.371 e. The zero-order chi connectivity index (χ0) is 27.5. The fraction of sp³-hybridized carbons (Fsp3) is 0.310. The van der Waals surface area contributed by atoms with Gasteiger partial charge in [-0.25, -0.2) is 8.42 Å². The summed E-state index contributed by atoms with van der Waals surface area (Å²) < 4.78 is 29.1. The summed E-state index contributed by atoms with van der Waals surface area (Å²) in [5.74, 6) is 0. The molecule has 0 spiro atoms. The molecule has 0 unspecified atom stereocenters. The van der Waals surface area contributed by atoms with Gasteiger partial charge in [-0.1, -0.05) is 44.9 Å². The highest BCUT2D eigenvalue weighted by Crippen LogP contribution is 2.35. The molecule has 0 fully saturated rings. The minimum absolute atomic E-state index is 0.124. The van der Waals surface area contributed by atoms with Gasteiger partial charge in [0.2, 0.25) is 0 Å². The lowest BCUT2D eigenvalue weighted by Gasteiger charge is -2.25. The highest BCUT2D eigenvalue weighted by atomic mass is 32.2. The van der Waals surface area contributed by atoms with Gasteiger partial charge in [-0.05, 0) is 67.8 Å². The van der Waals surface area contributed by atoms with E-state index >= 15 is 0 Å².